The zero-order valence-corrected chi connectivity index (χ0v) is 19.7. The number of hydrogen-bond acceptors (Lipinski definition) is 8. The molecule has 0 radical (unpaired) electrons. The number of methoxy groups -OCH3 is 2. The maximum atomic E-state index is 12.4. The Kier molecular flexibility index (Phi) is 6.24. The summed E-state index contributed by atoms with van der Waals surface area (Å²) in [6, 6.07) is 7.61. The van der Waals surface area contributed by atoms with E-state index in [0.717, 1.165) is 26.0 Å². The van der Waals surface area contributed by atoms with E-state index < -0.39 is 0 Å². The Morgan fingerprint density at radius 3 is 1.94 bits per heavy atom. The van der Waals surface area contributed by atoms with E-state index in [9.17, 15) is 9.59 Å². The van der Waals surface area contributed by atoms with Gasteiger partial charge in [-0.25, -0.2) is 9.97 Å². The molecule has 0 aliphatic rings. The number of hydrogen-bond donors (Lipinski definition) is 2. The SMILES string of the molecule is COc1ccc(C)c2sc(NC(=O)CCC(=O)Nc3nc4c(C)ccc(OC)c4s3)nc12. The maximum absolute atomic E-state index is 12.4. The first-order chi connectivity index (χ1) is 15.4. The zero-order valence-electron chi connectivity index (χ0n) is 18.1. The van der Waals surface area contributed by atoms with Crippen molar-refractivity contribution in [1.29, 1.82) is 0 Å². The second-order valence-corrected chi connectivity index (χ2v) is 9.16. The molecule has 10 heteroatoms. The van der Waals surface area contributed by atoms with E-state index in [1.807, 2.05) is 38.1 Å². The van der Waals surface area contributed by atoms with Crippen molar-refractivity contribution >= 4 is 65.2 Å². The van der Waals surface area contributed by atoms with Crippen molar-refractivity contribution in [2.75, 3.05) is 24.9 Å². The lowest BCUT2D eigenvalue weighted by atomic mass is 10.2. The second-order valence-electron chi connectivity index (χ2n) is 7.16. The Balaban J connectivity index is 1.38. The fourth-order valence-corrected chi connectivity index (χ4v) is 5.26. The van der Waals surface area contributed by atoms with Crippen LogP contribution in [0.3, 0.4) is 0 Å². The monoisotopic (exact) mass is 470 g/mol. The number of aromatic nitrogens is 2. The molecule has 2 N–H and O–H groups in total. The Bertz CT molecular complexity index is 1230. The first kappa shape index (κ1) is 22.0. The number of thiazole rings is 2. The smallest absolute Gasteiger partial charge is 0.226 e. The van der Waals surface area contributed by atoms with Gasteiger partial charge in [-0.2, -0.15) is 0 Å². The summed E-state index contributed by atoms with van der Waals surface area (Å²) < 4.78 is 12.6. The van der Waals surface area contributed by atoms with E-state index in [1.54, 1.807) is 14.2 Å². The van der Waals surface area contributed by atoms with E-state index >= 15 is 0 Å². The van der Waals surface area contributed by atoms with Crippen LogP contribution in [-0.2, 0) is 9.59 Å². The second kappa shape index (κ2) is 9.09. The predicted molar refractivity (Wildman–Crippen MR) is 128 cm³/mol. The van der Waals surface area contributed by atoms with Gasteiger partial charge in [0.15, 0.2) is 10.3 Å². The highest BCUT2D eigenvalue weighted by Crippen LogP contribution is 2.36. The fourth-order valence-electron chi connectivity index (χ4n) is 3.24. The number of benzene rings is 2. The number of aryl methyl sites for hydroxylation is 2. The normalized spacial score (nSPS) is 11.0. The average molecular weight is 471 g/mol. The van der Waals surface area contributed by atoms with Gasteiger partial charge in [-0.15, -0.1) is 0 Å². The molecule has 166 valence electrons. The summed E-state index contributed by atoms with van der Waals surface area (Å²) in [6.07, 6.45) is 0.0657. The van der Waals surface area contributed by atoms with Crippen molar-refractivity contribution < 1.29 is 19.1 Å². The summed E-state index contributed by atoms with van der Waals surface area (Å²) in [6.45, 7) is 3.94. The minimum absolute atomic E-state index is 0.0329. The quantitative estimate of drug-likeness (QED) is 0.398. The van der Waals surface area contributed by atoms with Crippen LogP contribution >= 0.6 is 22.7 Å². The molecular weight excluding hydrogens is 448 g/mol. The number of ether oxygens (including phenoxy) is 2. The van der Waals surface area contributed by atoms with Crippen LogP contribution in [0.15, 0.2) is 24.3 Å². The highest BCUT2D eigenvalue weighted by molar-refractivity contribution is 7.23. The van der Waals surface area contributed by atoms with Crippen molar-refractivity contribution in [3.8, 4) is 11.5 Å². The van der Waals surface area contributed by atoms with E-state index in [1.165, 1.54) is 22.7 Å². The molecule has 2 aromatic heterocycles. The Morgan fingerprint density at radius 2 is 1.31 bits per heavy atom. The topological polar surface area (TPSA) is 102 Å². The summed E-state index contributed by atoms with van der Waals surface area (Å²) in [5, 5.41) is 6.51. The lowest BCUT2D eigenvalue weighted by Crippen LogP contribution is -2.17. The molecule has 8 nitrogen and oxygen atoms in total. The highest BCUT2D eigenvalue weighted by Gasteiger charge is 2.16. The largest absolute Gasteiger partial charge is 0.495 e. The van der Waals surface area contributed by atoms with Crippen molar-refractivity contribution in [3.63, 3.8) is 0 Å². The van der Waals surface area contributed by atoms with E-state index in [2.05, 4.69) is 20.6 Å². The van der Waals surface area contributed by atoms with Crippen LogP contribution in [0.25, 0.3) is 20.4 Å². The molecule has 0 aliphatic heterocycles. The van der Waals surface area contributed by atoms with Gasteiger partial charge >= 0.3 is 0 Å². The summed E-state index contributed by atoms with van der Waals surface area (Å²) in [7, 11) is 3.19. The van der Waals surface area contributed by atoms with E-state index in [-0.39, 0.29) is 24.7 Å². The van der Waals surface area contributed by atoms with Gasteiger partial charge in [0.2, 0.25) is 11.8 Å². The summed E-state index contributed by atoms with van der Waals surface area (Å²) in [5.41, 5.74) is 3.57. The number of amides is 2. The molecule has 0 unspecified atom stereocenters. The summed E-state index contributed by atoms with van der Waals surface area (Å²) in [5.74, 6) is 0.811. The minimum Gasteiger partial charge on any atom is -0.495 e. The molecule has 2 amide bonds. The van der Waals surface area contributed by atoms with Crippen LogP contribution in [0.2, 0.25) is 0 Å². The molecule has 0 fully saturated rings. The van der Waals surface area contributed by atoms with Gasteiger partial charge in [0.1, 0.15) is 17.0 Å². The highest BCUT2D eigenvalue weighted by atomic mass is 32.1. The lowest BCUT2D eigenvalue weighted by Gasteiger charge is -2.02. The van der Waals surface area contributed by atoms with E-state index in [4.69, 9.17) is 9.47 Å². The van der Waals surface area contributed by atoms with E-state index in [0.29, 0.717) is 27.3 Å². The van der Waals surface area contributed by atoms with Gasteiger partial charge in [0.05, 0.1) is 29.1 Å². The molecule has 4 aromatic rings. The maximum Gasteiger partial charge on any atom is 0.226 e. The molecular formula is C22H22N4O4S2. The number of carbonyl (C=O) groups is 2. The minimum atomic E-state index is -0.280. The van der Waals surface area contributed by atoms with Crippen LogP contribution in [0.5, 0.6) is 11.5 Å². The lowest BCUT2D eigenvalue weighted by molar-refractivity contribution is -0.121. The van der Waals surface area contributed by atoms with Crippen LogP contribution in [0.1, 0.15) is 24.0 Å². The average Bonchev–Trinajstić information content (AvgIpc) is 3.38. The molecule has 0 spiro atoms. The van der Waals surface area contributed by atoms with Gasteiger partial charge in [-0.05, 0) is 37.1 Å². The predicted octanol–water partition coefficient (Wildman–Crippen LogP) is 4.90. The molecule has 0 aliphatic carbocycles. The number of fused-ring (bicyclic) bond motifs is 2. The van der Waals surface area contributed by atoms with Crippen molar-refractivity contribution in [2.45, 2.75) is 26.7 Å². The van der Waals surface area contributed by atoms with Crippen LogP contribution in [0, 0.1) is 13.8 Å². The molecule has 0 saturated heterocycles. The summed E-state index contributed by atoms with van der Waals surface area (Å²) >= 11 is 2.73. The van der Waals surface area contributed by atoms with Gasteiger partial charge in [0, 0.05) is 12.8 Å². The number of anilines is 2. The first-order valence-electron chi connectivity index (χ1n) is 9.87. The van der Waals surface area contributed by atoms with Crippen molar-refractivity contribution in [3.05, 3.63) is 35.4 Å². The standard InChI is InChI=1S/C22H22N4O4S2/c1-11-5-8-14(30-4)20-17(11)25-21(32-20)23-15(27)9-10-16(28)24-22-26-18-13(29-3)7-6-12(2)19(18)31-22/h5-8H,9-10H2,1-4H3,(H,23,25,27)(H,24,26,28). The first-order valence-corrected chi connectivity index (χ1v) is 11.5. The van der Waals surface area contributed by atoms with Crippen LogP contribution in [0.4, 0.5) is 10.3 Å². The molecule has 0 bridgehead atoms. The molecule has 2 aromatic carbocycles. The molecule has 4 rings (SSSR count). The third kappa shape index (κ3) is 4.37. The van der Waals surface area contributed by atoms with Crippen LogP contribution in [-0.4, -0.2) is 36.0 Å². The van der Waals surface area contributed by atoms with Gasteiger partial charge in [0.25, 0.3) is 0 Å². The number of rotatable bonds is 7. The van der Waals surface area contributed by atoms with Gasteiger partial charge in [-0.1, -0.05) is 34.8 Å². The molecule has 0 saturated carbocycles. The third-order valence-electron chi connectivity index (χ3n) is 4.92. The van der Waals surface area contributed by atoms with Gasteiger partial charge < -0.3 is 20.1 Å². The number of nitrogens with zero attached hydrogens (tertiary/aromatic N) is 2. The third-order valence-corrected chi connectivity index (χ3v) is 7.02. The zero-order chi connectivity index (χ0) is 22.8. The fraction of sp³-hybridized carbons (Fsp3) is 0.273. The Hall–Kier alpha value is -3.24. The Morgan fingerprint density at radius 1 is 0.781 bits per heavy atom. The number of carbonyl (C=O) groups excluding carboxylic acids is 2. The summed E-state index contributed by atoms with van der Waals surface area (Å²) in [4.78, 5) is 33.7. The molecule has 0 atom stereocenters. The molecule has 2 heterocycles. The van der Waals surface area contributed by atoms with Gasteiger partial charge in [-0.3, -0.25) is 9.59 Å². The Labute approximate surface area is 192 Å². The van der Waals surface area contributed by atoms with Crippen LogP contribution < -0.4 is 20.1 Å². The van der Waals surface area contributed by atoms with Crippen molar-refractivity contribution in [2.24, 2.45) is 0 Å². The molecule has 32 heavy (non-hydrogen) atoms. The number of nitrogens with one attached hydrogen (secondary N) is 2. The van der Waals surface area contributed by atoms with Crippen molar-refractivity contribution in [1.82, 2.24) is 9.97 Å².